The van der Waals surface area contributed by atoms with Crippen LogP contribution in [0.1, 0.15) is 51.2 Å². The zero-order chi connectivity index (χ0) is 28.6. The summed E-state index contributed by atoms with van der Waals surface area (Å²) < 4.78 is 53.2. The second-order valence-corrected chi connectivity index (χ2v) is 10.1. The summed E-state index contributed by atoms with van der Waals surface area (Å²) in [6.45, 7) is 4.20. The van der Waals surface area contributed by atoms with Gasteiger partial charge in [0.1, 0.15) is 26.9 Å². The minimum absolute atomic E-state index is 0.0104. The van der Waals surface area contributed by atoms with Gasteiger partial charge in [-0.05, 0) is 47.9 Å². The van der Waals surface area contributed by atoms with Gasteiger partial charge >= 0.3 is 6.18 Å². The number of rotatable bonds is 8. The number of alkyl halides is 3. The highest BCUT2D eigenvalue weighted by molar-refractivity contribution is 7.21. The fourth-order valence-corrected chi connectivity index (χ4v) is 4.99. The molecule has 0 bridgehead atoms. The first-order valence-corrected chi connectivity index (χ1v) is 12.8. The number of pyridine rings is 1. The summed E-state index contributed by atoms with van der Waals surface area (Å²) in [7, 11) is 0. The number of nitrogens with one attached hydrogen (secondary N) is 1. The number of thiophene rings is 1. The van der Waals surface area contributed by atoms with Gasteiger partial charge in [0, 0.05) is 17.1 Å². The van der Waals surface area contributed by atoms with Gasteiger partial charge in [0.25, 0.3) is 11.8 Å². The molecular weight excluding hydrogens is 547 g/mol. The fourth-order valence-electron chi connectivity index (χ4n) is 3.98. The van der Waals surface area contributed by atoms with E-state index < -0.39 is 23.7 Å². The van der Waals surface area contributed by atoms with E-state index in [1.54, 1.807) is 0 Å². The zero-order valence-corrected chi connectivity index (χ0v) is 22.0. The molecule has 0 saturated heterocycles. The molecule has 3 N–H and O–H groups in total. The zero-order valence-electron chi connectivity index (χ0n) is 21.2. The van der Waals surface area contributed by atoms with Gasteiger partial charge in [-0.15, -0.1) is 11.3 Å². The Morgan fingerprint density at radius 3 is 2.55 bits per heavy atom. The number of nitrogens with two attached hydrogens (primary N) is 1. The third-order valence-corrected chi connectivity index (χ3v) is 7.08. The molecule has 0 aliphatic heterocycles. The smallest absolute Gasteiger partial charge is 0.433 e. The summed E-state index contributed by atoms with van der Waals surface area (Å²) in [6, 6.07) is 12.8. The van der Waals surface area contributed by atoms with Crippen molar-refractivity contribution in [3.8, 4) is 17.1 Å². The predicted molar refractivity (Wildman–Crippen MR) is 142 cm³/mol. The Balaban J connectivity index is 1.44. The van der Waals surface area contributed by atoms with Crippen molar-refractivity contribution in [2.45, 2.75) is 32.7 Å². The summed E-state index contributed by atoms with van der Waals surface area (Å²) in [5, 5.41) is 6.88. The van der Waals surface area contributed by atoms with Gasteiger partial charge in [0.15, 0.2) is 12.4 Å². The molecule has 40 heavy (non-hydrogen) atoms. The van der Waals surface area contributed by atoms with Crippen LogP contribution in [0.5, 0.6) is 5.75 Å². The number of ether oxygens (including phenoxy) is 1. The molecule has 4 heterocycles. The number of fused-ring (bicyclic) bond motifs is 1. The van der Waals surface area contributed by atoms with Crippen LogP contribution in [0.25, 0.3) is 21.5 Å². The molecule has 0 radical (unpaired) electrons. The second-order valence-electron chi connectivity index (χ2n) is 9.07. The number of furan rings is 1. The first kappa shape index (κ1) is 26.9. The number of carbonyl (C=O) groups is 2. The lowest BCUT2D eigenvalue weighted by molar-refractivity contribution is -0.140. The molecule has 5 rings (SSSR count). The van der Waals surface area contributed by atoms with E-state index in [2.05, 4.69) is 29.2 Å². The van der Waals surface area contributed by atoms with Crippen LogP contribution in [0.3, 0.4) is 0 Å². The summed E-state index contributed by atoms with van der Waals surface area (Å²) in [4.78, 5) is 28.8. The molecular formula is C27H22F3N5O4S. The van der Waals surface area contributed by atoms with Gasteiger partial charge in [-0.25, -0.2) is 9.67 Å². The van der Waals surface area contributed by atoms with Crippen molar-refractivity contribution in [3.05, 3.63) is 82.8 Å². The number of anilines is 1. The quantitative estimate of drug-likeness (QED) is 0.227. The minimum Gasteiger partial charge on any atom is -0.471 e. The topological polar surface area (TPSA) is 125 Å². The number of hydrogen-bond acceptors (Lipinski definition) is 7. The van der Waals surface area contributed by atoms with Crippen LogP contribution in [0, 0.1) is 0 Å². The van der Waals surface area contributed by atoms with Gasteiger partial charge in [0.05, 0.1) is 12.0 Å². The van der Waals surface area contributed by atoms with E-state index in [-0.39, 0.29) is 44.5 Å². The first-order valence-electron chi connectivity index (χ1n) is 12.0. The van der Waals surface area contributed by atoms with Gasteiger partial charge in [-0.2, -0.15) is 18.3 Å². The van der Waals surface area contributed by atoms with Crippen LogP contribution in [0.4, 0.5) is 18.9 Å². The van der Waals surface area contributed by atoms with E-state index in [0.29, 0.717) is 23.0 Å². The molecule has 1 aromatic carbocycles. The number of hydrogen-bond donors (Lipinski definition) is 2. The Labute approximate surface area is 229 Å². The first-order chi connectivity index (χ1) is 19.0. The molecule has 0 atom stereocenters. The highest BCUT2D eigenvalue weighted by Crippen LogP contribution is 2.43. The summed E-state index contributed by atoms with van der Waals surface area (Å²) >= 11 is 0.637. The van der Waals surface area contributed by atoms with E-state index in [0.717, 1.165) is 6.07 Å². The van der Waals surface area contributed by atoms with Crippen LogP contribution < -0.4 is 15.8 Å². The highest BCUT2D eigenvalue weighted by atomic mass is 32.1. The maximum Gasteiger partial charge on any atom is 0.433 e. The third-order valence-electron chi connectivity index (χ3n) is 5.99. The van der Waals surface area contributed by atoms with E-state index in [1.807, 2.05) is 24.3 Å². The molecule has 9 nitrogen and oxygen atoms in total. The molecule has 0 unspecified atom stereocenters. The summed E-state index contributed by atoms with van der Waals surface area (Å²) in [5.74, 6) is -0.565. The maximum absolute atomic E-state index is 13.6. The van der Waals surface area contributed by atoms with Gasteiger partial charge < -0.3 is 20.2 Å². The van der Waals surface area contributed by atoms with Crippen molar-refractivity contribution in [1.82, 2.24) is 14.8 Å². The Kier molecular flexibility index (Phi) is 7.06. The van der Waals surface area contributed by atoms with Crippen LogP contribution >= 0.6 is 11.3 Å². The molecule has 13 heteroatoms. The Morgan fingerprint density at radius 2 is 1.93 bits per heavy atom. The van der Waals surface area contributed by atoms with Gasteiger partial charge in [-0.1, -0.05) is 26.0 Å². The molecule has 4 aromatic heterocycles. The number of aromatic nitrogens is 3. The van der Waals surface area contributed by atoms with E-state index >= 15 is 0 Å². The largest absolute Gasteiger partial charge is 0.471 e. The molecule has 0 aliphatic rings. The Hall–Kier alpha value is -4.65. The second kappa shape index (κ2) is 10.5. The van der Waals surface area contributed by atoms with Crippen molar-refractivity contribution in [3.63, 3.8) is 0 Å². The minimum atomic E-state index is -4.76. The van der Waals surface area contributed by atoms with Crippen molar-refractivity contribution < 1.29 is 31.9 Å². The third kappa shape index (κ3) is 5.41. The molecule has 0 fully saturated rings. The molecule has 0 saturated carbocycles. The van der Waals surface area contributed by atoms with Crippen LogP contribution in [-0.2, 0) is 12.9 Å². The summed E-state index contributed by atoms with van der Waals surface area (Å²) in [6.07, 6.45) is -1.94. The van der Waals surface area contributed by atoms with Crippen LogP contribution in [-0.4, -0.2) is 26.6 Å². The number of halogens is 3. The van der Waals surface area contributed by atoms with E-state index in [4.69, 9.17) is 14.9 Å². The monoisotopic (exact) mass is 569 g/mol. The highest BCUT2D eigenvalue weighted by Gasteiger charge is 2.35. The van der Waals surface area contributed by atoms with Crippen LogP contribution in [0.15, 0.2) is 65.4 Å². The predicted octanol–water partition coefficient (Wildman–Crippen LogP) is 6.28. The molecule has 206 valence electrons. The molecule has 0 spiro atoms. The average molecular weight is 570 g/mol. The number of primary amides is 1. The normalized spacial score (nSPS) is 11.8. The van der Waals surface area contributed by atoms with Crippen molar-refractivity contribution in [1.29, 1.82) is 0 Å². The SMILES string of the molecule is CC(C)c1ccc(OCn2ccc(C(=O)Nc3c(C(N)=O)sc4nc(C(F)(F)F)cc(-c5ccco5)c34)n2)cc1. The van der Waals surface area contributed by atoms with Crippen molar-refractivity contribution >= 4 is 39.1 Å². The van der Waals surface area contributed by atoms with Crippen molar-refractivity contribution in [2.75, 3.05) is 5.32 Å². The lowest BCUT2D eigenvalue weighted by Gasteiger charge is -2.10. The van der Waals surface area contributed by atoms with Gasteiger partial charge in [-0.3, -0.25) is 9.59 Å². The number of nitrogens with zero attached hydrogens (tertiary/aromatic N) is 3. The fraction of sp³-hybridized carbons (Fsp3) is 0.185. The standard InChI is InChI=1S/C27H22F3N5O4S/c1-14(2)15-5-7-16(8-6-15)39-13-35-10-9-18(34-35)25(37)33-22-21-17(19-4-3-11-38-19)12-20(27(28,29)30)32-26(21)40-23(22)24(31)36/h3-12,14H,13H2,1-2H3,(H2,31,36)(H,33,37). The maximum atomic E-state index is 13.6. The summed E-state index contributed by atoms with van der Waals surface area (Å²) in [5.41, 5.74) is 5.39. The number of amides is 2. The van der Waals surface area contributed by atoms with Crippen LogP contribution in [0.2, 0.25) is 0 Å². The number of carbonyl (C=O) groups excluding carboxylic acids is 2. The molecule has 0 aliphatic carbocycles. The van der Waals surface area contributed by atoms with Gasteiger partial charge in [0.2, 0.25) is 0 Å². The average Bonchev–Trinajstić information content (AvgIpc) is 3.67. The Bertz CT molecular complexity index is 1690. The molecule has 2 amide bonds. The van der Waals surface area contributed by atoms with E-state index in [1.165, 1.54) is 40.9 Å². The lowest BCUT2D eigenvalue weighted by atomic mass is 10.0. The number of benzene rings is 1. The Morgan fingerprint density at radius 1 is 1.18 bits per heavy atom. The van der Waals surface area contributed by atoms with Crippen molar-refractivity contribution in [2.24, 2.45) is 5.73 Å². The van der Waals surface area contributed by atoms with E-state index in [9.17, 15) is 22.8 Å². The molecule has 5 aromatic rings. The lowest BCUT2D eigenvalue weighted by Crippen LogP contribution is -2.18.